The highest BCUT2D eigenvalue weighted by atomic mass is 35.5. The topological polar surface area (TPSA) is 93.8 Å². The van der Waals surface area contributed by atoms with Crippen molar-refractivity contribution in [3.05, 3.63) is 27.9 Å². The van der Waals surface area contributed by atoms with E-state index < -0.39 is 0 Å². The van der Waals surface area contributed by atoms with E-state index in [2.05, 4.69) is 34.3 Å². The molecule has 2 aromatic heterocycles. The first-order chi connectivity index (χ1) is 9.45. The zero-order chi connectivity index (χ0) is 14.7. The molecule has 0 atom stereocenters. The van der Waals surface area contributed by atoms with Crippen LogP contribution in [0.25, 0.3) is 0 Å². The lowest BCUT2D eigenvalue weighted by Gasteiger charge is -2.04. The first kappa shape index (κ1) is 14.7. The van der Waals surface area contributed by atoms with Gasteiger partial charge in [0.15, 0.2) is 0 Å². The Morgan fingerprint density at radius 1 is 1.50 bits per heavy atom. The van der Waals surface area contributed by atoms with Crippen molar-refractivity contribution >= 4 is 39.8 Å². The average Bonchev–Trinajstić information content (AvgIpc) is 2.78. The van der Waals surface area contributed by atoms with Crippen molar-refractivity contribution in [1.29, 1.82) is 0 Å². The van der Waals surface area contributed by atoms with Gasteiger partial charge >= 0.3 is 0 Å². The van der Waals surface area contributed by atoms with Gasteiger partial charge in [0, 0.05) is 12.6 Å². The van der Waals surface area contributed by atoms with Gasteiger partial charge in [0.1, 0.15) is 10.8 Å². The van der Waals surface area contributed by atoms with Crippen LogP contribution >= 0.6 is 22.9 Å². The minimum Gasteiger partial charge on any atom is -0.384 e. The van der Waals surface area contributed by atoms with Gasteiger partial charge in [-0.25, -0.2) is 4.98 Å². The number of nitrogens with zero attached hydrogens (tertiary/aromatic N) is 3. The lowest BCUT2D eigenvalue weighted by Crippen LogP contribution is -2.13. The van der Waals surface area contributed by atoms with Crippen LogP contribution in [0.1, 0.15) is 29.2 Å². The van der Waals surface area contributed by atoms with E-state index in [0.717, 1.165) is 11.4 Å². The molecule has 8 heteroatoms. The summed E-state index contributed by atoms with van der Waals surface area (Å²) in [7, 11) is 0. The maximum Gasteiger partial charge on any atom is 0.259 e. The number of aromatic nitrogens is 3. The zero-order valence-corrected chi connectivity index (χ0v) is 12.6. The molecule has 106 valence electrons. The third-order valence-corrected chi connectivity index (χ3v) is 3.55. The fraction of sp³-hybridized carbons (Fsp3) is 0.333. The molecule has 20 heavy (non-hydrogen) atoms. The van der Waals surface area contributed by atoms with E-state index in [0.29, 0.717) is 11.0 Å². The number of nitrogens with two attached hydrogens (primary N) is 1. The first-order valence-electron chi connectivity index (χ1n) is 6.00. The van der Waals surface area contributed by atoms with Crippen LogP contribution in [-0.2, 0) is 6.42 Å². The lowest BCUT2D eigenvalue weighted by atomic mass is 10.1. The molecule has 2 heterocycles. The van der Waals surface area contributed by atoms with E-state index in [1.807, 2.05) is 0 Å². The summed E-state index contributed by atoms with van der Waals surface area (Å²) in [5.41, 5.74) is 5.81. The van der Waals surface area contributed by atoms with Crippen molar-refractivity contribution < 1.29 is 4.79 Å². The second-order valence-corrected chi connectivity index (χ2v) is 6.11. The Bertz CT molecular complexity index is 628. The van der Waals surface area contributed by atoms with Gasteiger partial charge in [0.2, 0.25) is 5.13 Å². The fourth-order valence-corrected chi connectivity index (χ4v) is 2.67. The Morgan fingerprint density at radius 2 is 2.25 bits per heavy atom. The second-order valence-electron chi connectivity index (χ2n) is 4.64. The van der Waals surface area contributed by atoms with Crippen LogP contribution in [-0.4, -0.2) is 21.1 Å². The van der Waals surface area contributed by atoms with Gasteiger partial charge in [-0.15, -0.1) is 10.2 Å². The molecule has 0 aliphatic rings. The highest BCUT2D eigenvalue weighted by Crippen LogP contribution is 2.21. The number of hydrogen-bond donors (Lipinski definition) is 2. The van der Waals surface area contributed by atoms with E-state index in [-0.39, 0.29) is 22.3 Å². The standard InChI is InChI=1S/C12H14ClN5OS/c1-6(2)3-10-17-18-12(20-10)16-11(19)7-4-9(14)15-5-8(7)13/h4-6H,3H2,1-2H3,(H2,14,15)(H,16,18,19). The number of carbonyl (C=O) groups is 1. The molecule has 0 unspecified atom stereocenters. The first-order valence-corrected chi connectivity index (χ1v) is 7.20. The van der Waals surface area contributed by atoms with Gasteiger partial charge in [-0.1, -0.05) is 36.8 Å². The van der Waals surface area contributed by atoms with Gasteiger partial charge in [-0.3, -0.25) is 10.1 Å². The van der Waals surface area contributed by atoms with Crippen LogP contribution < -0.4 is 11.1 Å². The van der Waals surface area contributed by atoms with Gasteiger partial charge in [0.05, 0.1) is 10.6 Å². The molecular weight excluding hydrogens is 298 g/mol. The highest BCUT2D eigenvalue weighted by molar-refractivity contribution is 7.15. The molecular formula is C12H14ClN5OS. The van der Waals surface area contributed by atoms with Crippen LogP contribution in [0.5, 0.6) is 0 Å². The van der Waals surface area contributed by atoms with E-state index in [1.54, 1.807) is 0 Å². The number of hydrogen-bond acceptors (Lipinski definition) is 6. The van der Waals surface area contributed by atoms with E-state index in [9.17, 15) is 4.79 Å². The summed E-state index contributed by atoms with van der Waals surface area (Å²) in [6.07, 6.45) is 2.17. The summed E-state index contributed by atoms with van der Waals surface area (Å²) in [6.45, 7) is 4.19. The molecule has 2 aromatic rings. The maximum absolute atomic E-state index is 12.1. The normalized spacial score (nSPS) is 10.8. The van der Waals surface area contributed by atoms with E-state index in [4.69, 9.17) is 17.3 Å². The minimum atomic E-state index is -0.378. The van der Waals surface area contributed by atoms with Crippen molar-refractivity contribution in [2.75, 3.05) is 11.1 Å². The summed E-state index contributed by atoms with van der Waals surface area (Å²) >= 11 is 7.27. The van der Waals surface area contributed by atoms with Crippen LogP contribution in [0.2, 0.25) is 5.02 Å². The number of nitrogen functional groups attached to an aromatic ring is 1. The van der Waals surface area contributed by atoms with Crippen molar-refractivity contribution in [3.8, 4) is 0 Å². The zero-order valence-electron chi connectivity index (χ0n) is 11.1. The number of carbonyl (C=O) groups excluding carboxylic acids is 1. The number of rotatable bonds is 4. The number of amides is 1. The molecule has 0 saturated heterocycles. The molecule has 2 rings (SSSR count). The largest absolute Gasteiger partial charge is 0.384 e. The fourth-order valence-electron chi connectivity index (χ4n) is 1.53. The Labute approximate surface area is 125 Å². The molecule has 0 aliphatic carbocycles. The molecule has 0 radical (unpaired) electrons. The molecule has 0 aliphatic heterocycles. The molecule has 1 amide bonds. The summed E-state index contributed by atoms with van der Waals surface area (Å²) in [5.74, 6) is 0.342. The molecule has 0 bridgehead atoms. The Balaban J connectivity index is 2.11. The van der Waals surface area contributed by atoms with Gasteiger partial charge < -0.3 is 5.73 Å². The quantitative estimate of drug-likeness (QED) is 0.905. The Kier molecular flexibility index (Phi) is 4.51. The van der Waals surface area contributed by atoms with Gasteiger partial charge in [-0.05, 0) is 12.0 Å². The van der Waals surface area contributed by atoms with Crippen LogP contribution in [0, 0.1) is 5.92 Å². The molecule has 0 saturated carbocycles. The van der Waals surface area contributed by atoms with Crippen LogP contribution in [0.3, 0.4) is 0 Å². The molecule has 0 spiro atoms. The Hall–Kier alpha value is -1.73. The highest BCUT2D eigenvalue weighted by Gasteiger charge is 2.14. The smallest absolute Gasteiger partial charge is 0.259 e. The number of halogens is 1. The lowest BCUT2D eigenvalue weighted by molar-refractivity contribution is 0.102. The minimum absolute atomic E-state index is 0.234. The number of pyridine rings is 1. The SMILES string of the molecule is CC(C)Cc1nnc(NC(=O)c2cc(N)ncc2Cl)s1. The number of anilines is 2. The van der Waals surface area contributed by atoms with Crippen molar-refractivity contribution in [2.24, 2.45) is 5.92 Å². The van der Waals surface area contributed by atoms with Crippen molar-refractivity contribution in [1.82, 2.24) is 15.2 Å². The van der Waals surface area contributed by atoms with Gasteiger partial charge in [-0.2, -0.15) is 0 Å². The van der Waals surface area contributed by atoms with Gasteiger partial charge in [0.25, 0.3) is 5.91 Å². The molecule has 3 N–H and O–H groups in total. The predicted molar refractivity (Wildman–Crippen MR) is 80.1 cm³/mol. The Morgan fingerprint density at radius 3 is 2.95 bits per heavy atom. The average molecular weight is 312 g/mol. The van der Waals surface area contributed by atoms with Crippen LogP contribution in [0.4, 0.5) is 10.9 Å². The second kappa shape index (κ2) is 6.15. The molecule has 0 fully saturated rings. The summed E-state index contributed by atoms with van der Waals surface area (Å²) < 4.78 is 0. The molecule has 0 aromatic carbocycles. The van der Waals surface area contributed by atoms with Crippen molar-refractivity contribution in [3.63, 3.8) is 0 Å². The third-order valence-electron chi connectivity index (χ3n) is 2.39. The van der Waals surface area contributed by atoms with Crippen LogP contribution in [0.15, 0.2) is 12.3 Å². The summed E-state index contributed by atoms with van der Waals surface area (Å²) in [5, 5.41) is 12.2. The summed E-state index contributed by atoms with van der Waals surface area (Å²) in [6, 6.07) is 1.42. The van der Waals surface area contributed by atoms with E-state index >= 15 is 0 Å². The third kappa shape index (κ3) is 3.64. The van der Waals surface area contributed by atoms with Crippen molar-refractivity contribution in [2.45, 2.75) is 20.3 Å². The predicted octanol–water partition coefficient (Wildman–Crippen LogP) is 2.62. The maximum atomic E-state index is 12.1. The van der Waals surface area contributed by atoms with E-state index in [1.165, 1.54) is 23.6 Å². The monoisotopic (exact) mass is 311 g/mol. The summed E-state index contributed by atoms with van der Waals surface area (Å²) in [4.78, 5) is 15.9. The number of nitrogens with one attached hydrogen (secondary N) is 1. The molecule has 6 nitrogen and oxygen atoms in total.